The van der Waals surface area contributed by atoms with Crippen molar-refractivity contribution in [2.75, 3.05) is 0 Å². The van der Waals surface area contributed by atoms with E-state index in [1.165, 1.54) is 0 Å². The molecule has 0 radical (unpaired) electrons. The third-order valence-electron chi connectivity index (χ3n) is 1.57. The zero-order chi connectivity index (χ0) is 11.6. The standard InChI is InChI=1S/C7H4N2O6.H3N/c10-7(11)4-1-5(8(12)13)3-6(2-4)9(14)15;/h1-3H,(H,10,11);1H3. The number of nitro groups is 2. The molecule has 0 unspecified atom stereocenters. The fourth-order valence-corrected chi connectivity index (χ4v) is 0.929. The fraction of sp³-hybridized carbons (Fsp3) is 0. The molecule has 0 bridgehead atoms. The smallest absolute Gasteiger partial charge is 0.336 e. The van der Waals surface area contributed by atoms with Gasteiger partial charge in [0.05, 0.1) is 21.5 Å². The quantitative estimate of drug-likeness (QED) is 0.584. The summed E-state index contributed by atoms with van der Waals surface area (Å²) in [6.07, 6.45) is 0. The lowest BCUT2D eigenvalue weighted by molar-refractivity contribution is -0.394. The molecule has 1 aromatic rings. The molecule has 86 valence electrons. The molecule has 0 fully saturated rings. The highest BCUT2D eigenvalue weighted by molar-refractivity contribution is 5.89. The number of benzene rings is 1. The molecule has 0 saturated carbocycles. The lowest BCUT2D eigenvalue weighted by atomic mass is 10.2. The molecule has 9 nitrogen and oxygen atoms in total. The van der Waals surface area contributed by atoms with Crippen LogP contribution in [0.1, 0.15) is 10.4 Å². The summed E-state index contributed by atoms with van der Waals surface area (Å²) in [6.45, 7) is 0. The van der Waals surface area contributed by atoms with E-state index in [9.17, 15) is 25.0 Å². The number of carbonyl (C=O) groups is 1. The molecule has 4 N–H and O–H groups in total. The average Bonchev–Trinajstić information content (AvgIpc) is 2.16. The van der Waals surface area contributed by atoms with Crippen LogP contribution >= 0.6 is 0 Å². The molecule has 1 aromatic carbocycles. The van der Waals surface area contributed by atoms with Crippen LogP contribution in [0.3, 0.4) is 0 Å². The van der Waals surface area contributed by atoms with Gasteiger partial charge in [-0.15, -0.1) is 0 Å². The molecular formula is C7H7N3O6. The molecule has 16 heavy (non-hydrogen) atoms. The van der Waals surface area contributed by atoms with Gasteiger partial charge in [0.25, 0.3) is 11.4 Å². The maximum atomic E-state index is 10.5. The minimum atomic E-state index is -1.46. The van der Waals surface area contributed by atoms with Crippen LogP contribution in [0.15, 0.2) is 18.2 Å². The van der Waals surface area contributed by atoms with Crippen molar-refractivity contribution in [2.45, 2.75) is 0 Å². The summed E-state index contributed by atoms with van der Waals surface area (Å²) in [6, 6.07) is 2.22. The second-order valence-electron chi connectivity index (χ2n) is 2.56. The van der Waals surface area contributed by atoms with Crippen molar-refractivity contribution in [3.8, 4) is 0 Å². The number of carboxylic acid groups (broad SMARTS) is 1. The van der Waals surface area contributed by atoms with Crippen molar-refractivity contribution in [3.05, 3.63) is 44.0 Å². The molecule has 0 aliphatic rings. The number of hydrogen-bond donors (Lipinski definition) is 2. The van der Waals surface area contributed by atoms with Gasteiger partial charge in [-0.05, 0) is 0 Å². The van der Waals surface area contributed by atoms with Crippen LogP contribution in [0.4, 0.5) is 11.4 Å². The summed E-state index contributed by atoms with van der Waals surface area (Å²) in [5.74, 6) is -1.46. The van der Waals surface area contributed by atoms with Crippen LogP contribution < -0.4 is 6.15 Å². The first-order valence-corrected chi connectivity index (χ1v) is 3.59. The Balaban J connectivity index is 0.00000225. The van der Waals surface area contributed by atoms with Crippen molar-refractivity contribution in [3.63, 3.8) is 0 Å². The van der Waals surface area contributed by atoms with E-state index in [4.69, 9.17) is 5.11 Å². The monoisotopic (exact) mass is 229 g/mol. The predicted octanol–water partition coefficient (Wildman–Crippen LogP) is 1.36. The topological polar surface area (TPSA) is 159 Å². The number of nitro benzene ring substituents is 2. The lowest BCUT2D eigenvalue weighted by Crippen LogP contribution is -2.00. The predicted molar refractivity (Wildman–Crippen MR) is 51.7 cm³/mol. The van der Waals surface area contributed by atoms with Gasteiger partial charge in [0.2, 0.25) is 0 Å². The Morgan fingerprint density at radius 1 is 1.06 bits per heavy atom. The molecule has 9 heteroatoms. The number of non-ortho nitro benzene ring substituents is 2. The third-order valence-corrected chi connectivity index (χ3v) is 1.57. The van der Waals surface area contributed by atoms with E-state index in [0.29, 0.717) is 6.07 Å². The van der Waals surface area contributed by atoms with E-state index in [2.05, 4.69) is 0 Å². The minimum absolute atomic E-state index is 0. The second-order valence-corrected chi connectivity index (χ2v) is 2.56. The van der Waals surface area contributed by atoms with Gasteiger partial charge < -0.3 is 11.3 Å². The number of aromatic carboxylic acids is 1. The molecule has 0 aliphatic carbocycles. The Labute approximate surface area is 88.2 Å². The Hall–Kier alpha value is -2.55. The summed E-state index contributed by atoms with van der Waals surface area (Å²) in [5.41, 5.74) is -1.74. The van der Waals surface area contributed by atoms with Gasteiger partial charge in [-0.1, -0.05) is 0 Å². The summed E-state index contributed by atoms with van der Waals surface area (Å²) in [5, 5.41) is 29.2. The van der Waals surface area contributed by atoms with Gasteiger partial charge in [0.1, 0.15) is 0 Å². The van der Waals surface area contributed by atoms with Crippen LogP contribution in [0, 0.1) is 20.2 Å². The number of nitrogens with zero attached hydrogens (tertiary/aromatic N) is 2. The minimum Gasteiger partial charge on any atom is -0.478 e. The molecule has 0 spiro atoms. The van der Waals surface area contributed by atoms with E-state index in [0.717, 1.165) is 12.1 Å². The zero-order valence-electron chi connectivity index (χ0n) is 7.82. The fourth-order valence-electron chi connectivity index (χ4n) is 0.929. The van der Waals surface area contributed by atoms with Gasteiger partial charge in [-0.3, -0.25) is 20.2 Å². The normalized spacial score (nSPS) is 9.00. The molecule has 0 atom stereocenters. The number of carboxylic acids is 1. The molecule has 0 aromatic heterocycles. The summed E-state index contributed by atoms with van der Waals surface area (Å²) in [7, 11) is 0. The maximum Gasteiger partial charge on any atom is 0.336 e. The van der Waals surface area contributed by atoms with Crippen LogP contribution in [0.5, 0.6) is 0 Å². The molecule has 0 saturated heterocycles. The largest absolute Gasteiger partial charge is 0.478 e. The molecular weight excluding hydrogens is 222 g/mol. The Kier molecular flexibility index (Phi) is 4.03. The van der Waals surface area contributed by atoms with Crippen molar-refractivity contribution in [1.29, 1.82) is 0 Å². The molecule has 0 aliphatic heterocycles. The van der Waals surface area contributed by atoms with Crippen molar-refractivity contribution >= 4 is 17.3 Å². The highest BCUT2D eigenvalue weighted by atomic mass is 16.6. The van der Waals surface area contributed by atoms with Gasteiger partial charge in [-0.2, -0.15) is 0 Å². The first-order chi connectivity index (χ1) is 6.91. The van der Waals surface area contributed by atoms with Crippen molar-refractivity contribution < 1.29 is 19.7 Å². The van der Waals surface area contributed by atoms with Gasteiger partial charge in [0.15, 0.2) is 0 Å². The molecule has 0 heterocycles. The van der Waals surface area contributed by atoms with Crippen molar-refractivity contribution in [2.24, 2.45) is 0 Å². The van der Waals surface area contributed by atoms with Crippen molar-refractivity contribution in [1.82, 2.24) is 6.15 Å². The van der Waals surface area contributed by atoms with E-state index < -0.39 is 32.8 Å². The molecule has 1 rings (SSSR count). The van der Waals surface area contributed by atoms with Crippen LogP contribution in [-0.4, -0.2) is 20.9 Å². The summed E-state index contributed by atoms with van der Waals surface area (Å²) in [4.78, 5) is 29.4. The highest BCUT2D eigenvalue weighted by Gasteiger charge is 2.18. The Bertz CT molecular complexity index is 378. The Morgan fingerprint density at radius 3 is 1.69 bits per heavy atom. The van der Waals surface area contributed by atoms with Gasteiger partial charge in [0, 0.05) is 12.1 Å². The average molecular weight is 229 g/mol. The van der Waals surface area contributed by atoms with E-state index in [1.54, 1.807) is 0 Å². The second kappa shape index (κ2) is 4.79. The third kappa shape index (κ3) is 2.72. The first-order valence-electron chi connectivity index (χ1n) is 3.59. The highest BCUT2D eigenvalue weighted by Crippen LogP contribution is 2.22. The van der Waals surface area contributed by atoms with Gasteiger partial charge in [-0.25, -0.2) is 4.79 Å². The summed E-state index contributed by atoms with van der Waals surface area (Å²) >= 11 is 0. The van der Waals surface area contributed by atoms with Crippen LogP contribution in [0.25, 0.3) is 0 Å². The first kappa shape index (κ1) is 13.4. The Morgan fingerprint density at radius 2 is 1.44 bits per heavy atom. The summed E-state index contributed by atoms with van der Waals surface area (Å²) < 4.78 is 0. The van der Waals surface area contributed by atoms with E-state index in [-0.39, 0.29) is 6.15 Å². The maximum absolute atomic E-state index is 10.5. The SMILES string of the molecule is N.O=C(O)c1cc([N+](=O)[O-])cc([N+](=O)[O-])c1. The van der Waals surface area contributed by atoms with E-state index >= 15 is 0 Å². The van der Waals surface area contributed by atoms with Crippen LogP contribution in [-0.2, 0) is 0 Å². The molecule has 0 amide bonds. The number of hydrogen-bond acceptors (Lipinski definition) is 6. The number of rotatable bonds is 3. The van der Waals surface area contributed by atoms with Crippen LogP contribution in [0.2, 0.25) is 0 Å². The zero-order valence-corrected chi connectivity index (χ0v) is 7.82. The lowest BCUT2D eigenvalue weighted by Gasteiger charge is -1.96. The van der Waals surface area contributed by atoms with E-state index in [1.807, 2.05) is 0 Å². The van der Waals surface area contributed by atoms with Gasteiger partial charge >= 0.3 is 5.97 Å².